The summed E-state index contributed by atoms with van der Waals surface area (Å²) < 4.78 is 0. The fraction of sp³-hybridized carbons (Fsp3) is 0.286. The van der Waals surface area contributed by atoms with E-state index in [1.165, 1.54) is 0 Å². The second-order valence-electron chi connectivity index (χ2n) is 4.44. The highest BCUT2D eigenvalue weighted by molar-refractivity contribution is 6.36. The molecule has 1 aromatic heterocycles. The van der Waals surface area contributed by atoms with Crippen LogP contribution in [0.5, 0.6) is 0 Å². The third kappa shape index (κ3) is 3.03. The zero-order valence-corrected chi connectivity index (χ0v) is 12.9. The molecule has 0 saturated carbocycles. The van der Waals surface area contributed by atoms with Crippen molar-refractivity contribution in [3.05, 3.63) is 50.9 Å². The Morgan fingerprint density at radius 3 is 2.40 bits per heavy atom. The van der Waals surface area contributed by atoms with Crippen molar-refractivity contribution in [2.75, 3.05) is 5.43 Å². The van der Waals surface area contributed by atoms with E-state index in [1.54, 1.807) is 12.1 Å². The fourth-order valence-electron chi connectivity index (χ4n) is 2.04. The Morgan fingerprint density at radius 1 is 1.20 bits per heavy atom. The van der Waals surface area contributed by atoms with E-state index in [9.17, 15) is 0 Å². The lowest BCUT2D eigenvalue weighted by atomic mass is 10.1. The van der Waals surface area contributed by atoms with E-state index < -0.39 is 0 Å². The van der Waals surface area contributed by atoms with E-state index in [4.69, 9.17) is 29.0 Å². The molecule has 0 unspecified atom stereocenters. The number of aromatic nitrogens is 2. The van der Waals surface area contributed by atoms with Crippen LogP contribution < -0.4 is 11.3 Å². The molecule has 0 aliphatic rings. The highest BCUT2D eigenvalue weighted by Gasteiger charge is 2.12. The minimum absolute atomic E-state index is 0.473. The van der Waals surface area contributed by atoms with Crippen LogP contribution in [0.25, 0.3) is 0 Å². The summed E-state index contributed by atoms with van der Waals surface area (Å²) in [6, 6.07) is 5.42. The molecule has 20 heavy (non-hydrogen) atoms. The van der Waals surface area contributed by atoms with Gasteiger partial charge >= 0.3 is 0 Å². The molecular weight excluding hydrogens is 295 g/mol. The Bertz CT molecular complexity index is 583. The number of hydrogen-bond donors (Lipinski definition) is 2. The van der Waals surface area contributed by atoms with Gasteiger partial charge in [-0.15, -0.1) is 0 Å². The van der Waals surface area contributed by atoms with E-state index >= 15 is 0 Å². The number of nitrogens with zero attached hydrogens (tertiary/aromatic N) is 2. The number of rotatable bonds is 4. The smallest absolute Gasteiger partial charge is 0.146 e. The molecule has 1 heterocycles. The predicted molar refractivity (Wildman–Crippen MR) is 83.2 cm³/mol. The molecular formula is C14H16Cl2N4. The number of halogens is 2. The minimum Gasteiger partial charge on any atom is -0.308 e. The molecule has 0 spiro atoms. The Kier molecular flexibility index (Phi) is 4.81. The van der Waals surface area contributed by atoms with Crippen LogP contribution in [0.4, 0.5) is 5.82 Å². The van der Waals surface area contributed by atoms with Gasteiger partial charge in [0.25, 0.3) is 0 Å². The van der Waals surface area contributed by atoms with Crippen LogP contribution in [0.1, 0.15) is 29.6 Å². The molecule has 0 radical (unpaired) electrons. The fourth-order valence-corrected chi connectivity index (χ4v) is 2.57. The molecule has 0 aliphatic heterocycles. The summed E-state index contributed by atoms with van der Waals surface area (Å²) in [6.45, 7) is 3.99. The third-order valence-corrected chi connectivity index (χ3v) is 3.87. The van der Waals surface area contributed by atoms with Crippen LogP contribution in [0.3, 0.4) is 0 Å². The lowest BCUT2D eigenvalue weighted by Gasteiger charge is -2.12. The summed E-state index contributed by atoms with van der Waals surface area (Å²) >= 11 is 12.4. The van der Waals surface area contributed by atoms with Crippen molar-refractivity contribution in [3.8, 4) is 0 Å². The van der Waals surface area contributed by atoms with Gasteiger partial charge in [-0.25, -0.2) is 15.8 Å². The lowest BCUT2D eigenvalue weighted by molar-refractivity contribution is 0.888. The molecule has 3 N–H and O–H groups in total. The summed E-state index contributed by atoms with van der Waals surface area (Å²) in [6.07, 6.45) is 1.28. The predicted octanol–water partition coefficient (Wildman–Crippen LogP) is 3.53. The van der Waals surface area contributed by atoms with Crippen LogP contribution >= 0.6 is 23.2 Å². The highest BCUT2D eigenvalue weighted by atomic mass is 35.5. The number of anilines is 1. The second kappa shape index (κ2) is 6.39. The average Bonchev–Trinajstić information content (AvgIpc) is 2.44. The van der Waals surface area contributed by atoms with Gasteiger partial charge in [-0.05, 0) is 31.0 Å². The van der Waals surface area contributed by atoms with E-state index in [0.717, 1.165) is 23.2 Å². The van der Waals surface area contributed by atoms with Gasteiger partial charge < -0.3 is 5.43 Å². The monoisotopic (exact) mass is 310 g/mol. The molecule has 0 saturated heterocycles. The van der Waals surface area contributed by atoms with Crippen molar-refractivity contribution < 1.29 is 0 Å². The van der Waals surface area contributed by atoms with Crippen molar-refractivity contribution in [1.29, 1.82) is 0 Å². The molecule has 0 bridgehead atoms. The van der Waals surface area contributed by atoms with Gasteiger partial charge in [-0.1, -0.05) is 36.2 Å². The van der Waals surface area contributed by atoms with Crippen molar-refractivity contribution in [1.82, 2.24) is 9.97 Å². The standard InChI is InChI=1S/C14H16Cl2N4/c1-3-12-8(2)14(20-17)19-13(18-12)7-9-10(15)5-4-6-11(9)16/h4-6H,3,7,17H2,1-2H3,(H,18,19,20). The summed E-state index contributed by atoms with van der Waals surface area (Å²) in [7, 11) is 0. The first-order valence-corrected chi connectivity index (χ1v) is 7.08. The number of hydrazine groups is 1. The lowest BCUT2D eigenvalue weighted by Crippen LogP contribution is -2.14. The van der Waals surface area contributed by atoms with Crippen molar-refractivity contribution >= 4 is 29.0 Å². The average molecular weight is 311 g/mol. The maximum absolute atomic E-state index is 6.18. The highest BCUT2D eigenvalue weighted by Crippen LogP contribution is 2.27. The normalized spacial score (nSPS) is 10.7. The van der Waals surface area contributed by atoms with Gasteiger partial charge in [0.15, 0.2) is 0 Å². The number of benzene rings is 1. The Labute approximate surface area is 128 Å². The molecule has 2 rings (SSSR count). The number of nitrogens with two attached hydrogens (primary N) is 1. The molecule has 0 fully saturated rings. The topological polar surface area (TPSA) is 63.8 Å². The molecule has 2 aromatic rings. The number of hydrogen-bond acceptors (Lipinski definition) is 4. The first-order chi connectivity index (χ1) is 9.56. The van der Waals surface area contributed by atoms with Crippen LogP contribution in [-0.4, -0.2) is 9.97 Å². The molecule has 106 valence electrons. The Balaban J connectivity index is 2.44. The minimum atomic E-state index is 0.473. The van der Waals surface area contributed by atoms with Crippen LogP contribution in [0.2, 0.25) is 10.0 Å². The zero-order chi connectivity index (χ0) is 14.7. The molecule has 6 heteroatoms. The summed E-state index contributed by atoms with van der Waals surface area (Å²) in [4.78, 5) is 8.97. The second-order valence-corrected chi connectivity index (χ2v) is 5.25. The molecule has 4 nitrogen and oxygen atoms in total. The molecule has 0 amide bonds. The van der Waals surface area contributed by atoms with E-state index in [0.29, 0.717) is 28.1 Å². The Morgan fingerprint density at radius 2 is 1.85 bits per heavy atom. The number of aryl methyl sites for hydroxylation is 1. The maximum atomic E-state index is 6.18. The number of nitrogens with one attached hydrogen (secondary N) is 1. The van der Waals surface area contributed by atoms with Gasteiger partial charge in [0, 0.05) is 27.7 Å². The van der Waals surface area contributed by atoms with E-state index in [2.05, 4.69) is 15.4 Å². The van der Waals surface area contributed by atoms with Crippen molar-refractivity contribution in [2.24, 2.45) is 5.84 Å². The molecule has 0 atom stereocenters. The first-order valence-electron chi connectivity index (χ1n) is 6.32. The summed E-state index contributed by atoms with van der Waals surface area (Å²) in [5.41, 5.74) is 5.36. The molecule has 1 aromatic carbocycles. The third-order valence-electron chi connectivity index (χ3n) is 3.16. The van der Waals surface area contributed by atoms with Gasteiger partial charge in [-0.3, -0.25) is 0 Å². The summed E-state index contributed by atoms with van der Waals surface area (Å²) in [5.74, 6) is 6.79. The van der Waals surface area contributed by atoms with Gasteiger partial charge in [0.05, 0.1) is 0 Å². The van der Waals surface area contributed by atoms with Crippen LogP contribution in [-0.2, 0) is 12.8 Å². The van der Waals surface area contributed by atoms with E-state index in [1.807, 2.05) is 19.9 Å². The van der Waals surface area contributed by atoms with Gasteiger partial charge in [0.2, 0.25) is 0 Å². The van der Waals surface area contributed by atoms with Gasteiger partial charge in [-0.2, -0.15) is 0 Å². The largest absolute Gasteiger partial charge is 0.308 e. The Hall–Kier alpha value is -1.36. The van der Waals surface area contributed by atoms with E-state index in [-0.39, 0.29) is 0 Å². The van der Waals surface area contributed by atoms with Crippen LogP contribution in [0.15, 0.2) is 18.2 Å². The quantitative estimate of drug-likeness (QED) is 0.670. The maximum Gasteiger partial charge on any atom is 0.146 e. The van der Waals surface area contributed by atoms with Crippen LogP contribution in [0, 0.1) is 6.92 Å². The van der Waals surface area contributed by atoms with Crippen molar-refractivity contribution in [2.45, 2.75) is 26.7 Å². The zero-order valence-electron chi connectivity index (χ0n) is 11.4. The SMILES string of the molecule is CCc1nc(Cc2c(Cl)cccc2Cl)nc(NN)c1C. The van der Waals surface area contributed by atoms with Crippen molar-refractivity contribution in [3.63, 3.8) is 0 Å². The number of nitrogen functional groups attached to an aromatic ring is 1. The van der Waals surface area contributed by atoms with Gasteiger partial charge in [0.1, 0.15) is 11.6 Å². The summed E-state index contributed by atoms with van der Waals surface area (Å²) in [5, 5.41) is 1.23. The molecule has 0 aliphatic carbocycles. The first kappa shape index (κ1) is 15.0.